The number of carboxylic acids is 1. The Morgan fingerprint density at radius 3 is 3.00 bits per heavy atom. The summed E-state index contributed by atoms with van der Waals surface area (Å²) in [6.07, 6.45) is 5.67. The molecule has 1 atom stereocenters. The molecular weight excluding hydrogens is 192 g/mol. The first-order valence-electron chi connectivity index (χ1n) is 5.13. The molecule has 2 rings (SSSR count). The summed E-state index contributed by atoms with van der Waals surface area (Å²) in [6.45, 7) is 0.784. The lowest BCUT2D eigenvalue weighted by Crippen LogP contribution is -2.30. The summed E-state index contributed by atoms with van der Waals surface area (Å²) >= 11 is 0. The van der Waals surface area contributed by atoms with Gasteiger partial charge < -0.3 is 10.4 Å². The third kappa shape index (κ3) is 2.76. The van der Waals surface area contributed by atoms with Crippen LogP contribution in [0.5, 0.6) is 0 Å². The van der Waals surface area contributed by atoms with E-state index < -0.39 is 12.0 Å². The van der Waals surface area contributed by atoms with Gasteiger partial charge in [0.25, 0.3) is 0 Å². The number of hydrogen-bond acceptors (Lipinski definition) is 3. The summed E-state index contributed by atoms with van der Waals surface area (Å²) in [5.74, 6) is -0.174. The second-order valence-corrected chi connectivity index (χ2v) is 3.91. The molecular formula is C11H14N2O2. The fourth-order valence-corrected chi connectivity index (χ4v) is 1.50. The predicted molar refractivity (Wildman–Crippen MR) is 55.3 cm³/mol. The lowest BCUT2D eigenvalue weighted by atomic mass is 10.1. The van der Waals surface area contributed by atoms with Gasteiger partial charge in [0.05, 0.1) is 0 Å². The molecule has 1 aromatic rings. The van der Waals surface area contributed by atoms with Gasteiger partial charge in [0, 0.05) is 12.4 Å². The van der Waals surface area contributed by atoms with E-state index in [9.17, 15) is 4.79 Å². The zero-order chi connectivity index (χ0) is 10.7. The van der Waals surface area contributed by atoms with E-state index in [4.69, 9.17) is 5.11 Å². The van der Waals surface area contributed by atoms with Crippen molar-refractivity contribution < 1.29 is 9.90 Å². The highest BCUT2D eigenvalue weighted by atomic mass is 16.4. The number of hydrogen-bond donors (Lipinski definition) is 2. The van der Waals surface area contributed by atoms with Crippen molar-refractivity contribution >= 4 is 5.97 Å². The topological polar surface area (TPSA) is 62.2 Å². The standard InChI is InChI=1S/C11H14N2O2/c14-11(15)10(13-6-8-3-4-8)9-2-1-5-12-7-9/h1-2,5,7-8,10,13H,3-4,6H2,(H,14,15)/t10-/m1/s1. The molecule has 1 fully saturated rings. The van der Waals surface area contributed by atoms with E-state index in [2.05, 4.69) is 10.3 Å². The number of nitrogens with zero attached hydrogens (tertiary/aromatic N) is 1. The van der Waals surface area contributed by atoms with Crippen molar-refractivity contribution in [1.82, 2.24) is 10.3 Å². The minimum Gasteiger partial charge on any atom is -0.480 e. The average molecular weight is 206 g/mol. The van der Waals surface area contributed by atoms with E-state index in [-0.39, 0.29) is 0 Å². The highest BCUT2D eigenvalue weighted by Crippen LogP contribution is 2.28. The second kappa shape index (κ2) is 4.40. The van der Waals surface area contributed by atoms with Crippen LogP contribution in [0, 0.1) is 5.92 Å². The molecule has 80 valence electrons. The quantitative estimate of drug-likeness (QED) is 0.760. The molecule has 0 saturated heterocycles. The summed E-state index contributed by atoms with van der Waals surface area (Å²) in [5.41, 5.74) is 0.714. The van der Waals surface area contributed by atoms with Gasteiger partial charge in [-0.15, -0.1) is 0 Å². The number of carboxylic acid groups (broad SMARTS) is 1. The Bertz CT molecular complexity index is 336. The molecule has 1 heterocycles. The fourth-order valence-electron chi connectivity index (χ4n) is 1.50. The van der Waals surface area contributed by atoms with Gasteiger partial charge in [-0.05, 0) is 36.9 Å². The normalized spacial score (nSPS) is 17.3. The second-order valence-electron chi connectivity index (χ2n) is 3.91. The molecule has 1 saturated carbocycles. The van der Waals surface area contributed by atoms with Gasteiger partial charge in [-0.2, -0.15) is 0 Å². The number of rotatable bonds is 5. The Kier molecular flexibility index (Phi) is 2.97. The number of aromatic nitrogens is 1. The van der Waals surface area contributed by atoms with Crippen LogP contribution in [0.2, 0.25) is 0 Å². The molecule has 0 amide bonds. The first-order chi connectivity index (χ1) is 7.27. The SMILES string of the molecule is O=C(O)[C@H](NCC1CC1)c1cccnc1. The number of carbonyl (C=O) groups is 1. The molecule has 0 bridgehead atoms. The lowest BCUT2D eigenvalue weighted by Gasteiger charge is -2.13. The number of nitrogens with one attached hydrogen (secondary N) is 1. The van der Waals surface area contributed by atoms with E-state index in [0.717, 1.165) is 6.54 Å². The molecule has 0 unspecified atom stereocenters. The van der Waals surface area contributed by atoms with Crippen molar-refractivity contribution in [2.75, 3.05) is 6.54 Å². The Labute approximate surface area is 88.3 Å². The molecule has 1 aliphatic carbocycles. The van der Waals surface area contributed by atoms with Crippen molar-refractivity contribution in [2.24, 2.45) is 5.92 Å². The lowest BCUT2D eigenvalue weighted by molar-refractivity contribution is -0.139. The van der Waals surface area contributed by atoms with E-state index in [1.165, 1.54) is 12.8 Å². The maximum atomic E-state index is 11.0. The van der Waals surface area contributed by atoms with Crippen molar-refractivity contribution in [1.29, 1.82) is 0 Å². The van der Waals surface area contributed by atoms with Crippen LogP contribution in [0.1, 0.15) is 24.4 Å². The van der Waals surface area contributed by atoms with Crippen LogP contribution < -0.4 is 5.32 Å². The highest BCUT2D eigenvalue weighted by molar-refractivity contribution is 5.75. The van der Waals surface area contributed by atoms with Gasteiger partial charge in [0.1, 0.15) is 6.04 Å². The van der Waals surface area contributed by atoms with Crippen molar-refractivity contribution in [3.63, 3.8) is 0 Å². The molecule has 1 aromatic heterocycles. The van der Waals surface area contributed by atoms with Crippen LogP contribution in [0.3, 0.4) is 0 Å². The molecule has 2 N–H and O–H groups in total. The summed E-state index contributed by atoms with van der Waals surface area (Å²) in [4.78, 5) is 15.0. The van der Waals surface area contributed by atoms with Crippen LogP contribution in [0.4, 0.5) is 0 Å². The van der Waals surface area contributed by atoms with Crippen LogP contribution in [-0.2, 0) is 4.79 Å². The largest absolute Gasteiger partial charge is 0.480 e. The molecule has 15 heavy (non-hydrogen) atoms. The minimum atomic E-state index is -0.844. The van der Waals surface area contributed by atoms with Crippen LogP contribution in [0.15, 0.2) is 24.5 Å². The van der Waals surface area contributed by atoms with Gasteiger partial charge in [0.15, 0.2) is 0 Å². The summed E-state index contributed by atoms with van der Waals surface area (Å²) in [5, 5.41) is 12.1. The van der Waals surface area contributed by atoms with Crippen LogP contribution >= 0.6 is 0 Å². The average Bonchev–Trinajstić information content (AvgIpc) is 3.03. The Hall–Kier alpha value is -1.42. The molecule has 0 aromatic carbocycles. The van der Waals surface area contributed by atoms with Gasteiger partial charge >= 0.3 is 5.97 Å². The summed E-state index contributed by atoms with van der Waals surface area (Å²) in [7, 11) is 0. The number of pyridine rings is 1. The maximum absolute atomic E-state index is 11.0. The van der Waals surface area contributed by atoms with E-state index in [0.29, 0.717) is 11.5 Å². The van der Waals surface area contributed by atoms with Crippen molar-refractivity contribution in [3.8, 4) is 0 Å². The van der Waals surface area contributed by atoms with Gasteiger partial charge in [-0.25, -0.2) is 0 Å². The minimum absolute atomic E-state index is 0.626. The summed E-state index contributed by atoms with van der Waals surface area (Å²) in [6, 6.07) is 2.91. The first kappa shape index (κ1) is 10.1. The molecule has 0 aliphatic heterocycles. The zero-order valence-corrected chi connectivity index (χ0v) is 8.39. The fraction of sp³-hybridized carbons (Fsp3) is 0.455. The molecule has 0 radical (unpaired) electrons. The maximum Gasteiger partial charge on any atom is 0.325 e. The Balaban J connectivity index is 2.01. The molecule has 4 nitrogen and oxygen atoms in total. The van der Waals surface area contributed by atoms with Crippen molar-refractivity contribution in [3.05, 3.63) is 30.1 Å². The molecule has 4 heteroatoms. The van der Waals surface area contributed by atoms with E-state index >= 15 is 0 Å². The Morgan fingerprint density at radius 2 is 2.47 bits per heavy atom. The van der Waals surface area contributed by atoms with Gasteiger partial charge in [-0.1, -0.05) is 6.07 Å². The molecule has 1 aliphatic rings. The van der Waals surface area contributed by atoms with Gasteiger partial charge in [-0.3, -0.25) is 9.78 Å². The van der Waals surface area contributed by atoms with Gasteiger partial charge in [0.2, 0.25) is 0 Å². The predicted octanol–water partition coefficient (Wildman–Crippen LogP) is 1.21. The van der Waals surface area contributed by atoms with Crippen LogP contribution in [0.25, 0.3) is 0 Å². The Morgan fingerprint density at radius 1 is 1.67 bits per heavy atom. The van der Waals surface area contributed by atoms with E-state index in [1.54, 1.807) is 24.5 Å². The monoisotopic (exact) mass is 206 g/mol. The van der Waals surface area contributed by atoms with E-state index in [1.807, 2.05) is 0 Å². The third-order valence-electron chi connectivity index (χ3n) is 2.57. The first-order valence-corrected chi connectivity index (χ1v) is 5.13. The van der Waals surface area contributed by atoms with Crippen LogP contribution in [-0.4, -0.2) is 22.6 Å². The smallest absolute Gasteiger partial charge is 0.325 e. The van der Waals surface area contributed by atoms with Crippen molar-refractivity contribution in [2.45, 2.75) is 18.9 Å². The zero-order valence-electron chi connectivity index (χ0n) is 8.39. The highest BCUT2D eigenvalue weighted by Gasteiger charge is 2.25. The third-order valence-corrected chi connectivity index (χ3v) is 2.57. The number of aliphatic carboxylic acids is 1. The molecule has 0 spiro atoms. The summed E-state index contributed by atoms with van der Waals surface area (Å²) < 4.78 is 0.